The van der Waals surface area contributed by atoms with Gasteiger partial charge < -0.3 is 19.0 Å². The first kappa shape index (κ1) is 17.5. The number of hydrogen-bond acceptors (Lipinski definition) is 6. The maximum Gasteiger partial charge on any atom is 0.336 e. The van der Waals surface area contributed by atoms with E-state index in [0.29, 0.717) is 16.7 Å². The lowest BCUT2D eigenvalue weighted by Gasteiger charge is -2.42. The first-order chi connectivity index (χ1) is 11.7. The molecule has 0 spiro atoms. The summed E-state index contributed by atoms with van der Waals surface area (Å²) in [5, 5.41) is 11.6. The van der Waals surface area contributed by atoms with E-state index in [4.69, 9.17) is 13.9 Å². The van der Waals surface area contributed by atoms with E-state index in [-0.39, 0.29) is 17.9 Å². The average molecular weight is 346 g/mol. The minimum absolute atomic E-state index is 0.142. The lowest BCUT2D eigenvalue weighted by atomic mass is 9.87. The minimum atomic E-state index is -1.16. The smallest absolute Gasteiger partial charge is 0.336 e. The normalized spacial score (nSPS) is 21.7. The van der Waals surface area contributed by atoms with E-state index in [9.17, 15) is 14.7 Å². The molecule has 0 bridgehead atoms. The summed E-state index contributed by atoms with van der Waals surface area (Å²) in [7, 11) is 0. The largest absolute Gasteiger partial charge is 0.483 e. The molecule has 0 aliphatic carbocycles. The van der Waals surface area contributed by atoms with Crippen LogP contribution in [0.2, 0.25) is 0 Å². The molecule has 1 aliphatic heterocycles. The second-order valence-electron chi connectivity index (χ2n) is 7.31. The van der Waals surface area contributed by atoms with Gasteiger partial charge in [0, 0.05) is 17.9 Å². The van der Waals surface area contributed by atoms with Crippen LogP contribution in [0.5, 0.6) is 5.75 Å². The fourth-order valence-corrected chi connectivity index (χ4v) is 3.11. The lowest BCUT2D eigenvalue weighted by Crippen LogP contribution is -2.51. The number of carbonyl (C=O) groups is 1. The molecule has 0 radical (unpaired) electrons. The number of benzene rings is 1. The highest BCUT2D eigenvalue weighted by molar-refractivity contribution is 5.83. The molecule has 6 heteroatoms. The average Bonchev–Trinajstić information content (AvgIpc) is 2.49. The van der Waals surface area contributed by atoms with Crippen LogP contribution in [0.15, 0.2) is 33.5 Å². The van der Waals surface area contributed by atoms with Gasteiger partial charge in [0.1, 0.15) is 23.0 Å². The fourth-order valence-electron chi connectivity index (χ4n) is 3.11. The van der Waals surface area contributed by atoms with E-state index >= 15 is 0 Å². The number of aliphatic hydroxyl groups excluding tert-OH is 1. The fraction of sp³-hybridized carbons (Fsp3) is 0.474. The quantitative estimate of drug-likeness (QED) is 0.679. The first-order valence-corrected chi connectivity index (χ1v) is 8.32. The Kier molecular flexibility index (Phi) is 4.33. The molecule has 6 nitrogen and oxygen atoms in total. The van der Waals surface area contributed by atoms with E-state index in [1.807, 2.05) is 13.8 Å². The second-order valence-corrected chi connectivity index (χ2v) is 7.31. The molecule has 25 heavy (non-hydrogen) atoms. The van der Waals surface area contributed by atoms with Gasteiger partial charge in [-0.25, -0.2) is 4.79 Å². The standard InChI is InChI=1S/C19H22O6/c1-10(2)9-14(21)24-18-16(22)15-12(25-19(18,3)4)7-5-11-6-8-13(20)23-17(11)15/h5-8,10,16,18,22H,9H2,1-4H3/t16-,18-/m1/s1. The Morgan fingerprint density at radius 3 is 2.64 bits per heavy atom. The van der Waals surface area contributed by atoms with Gasteiger partial charge in [-0.3, -0.25) is 4.79 Å². The Hall–Kier alpha value is -2.34. The van der Waals surface area contributed by atoms with E-state index in [1.54, 1.807) is 32.0 Å². The molecule has 1 N–H and O–H groups in total. The van der Waals surface area contributed by atoms with Crippen molar-refractivity contribution < 1.29 is 23.8 Å². The number of aliphatic hydroxyl groups is 1. The maximum atomic E-state index is 12.1. The predicted octanol–water partition coefficient (Wildman–Crippen LogP) is 2.96. The Balaban J connectivity index is 2.06. The second kappa shape index (κ2) is 6.19. The zero-order valence-corrected chi connectivity index (χ0v) is 14.7. The monoisotopic (exact) mass is 346 g/mol. The van der Waals surface area contributed by atoms with Gasteiger partial charge in [-0.2, -0.15) is 0 Å². The van der Waals surface area contributed by atoms with Crippen LogP contribution in [0, 0.1) is 5.92 Å². The molecule has 0 saturated heterocycles. The summed E-state index contributed by atoms with van der Waals surface area (Å²) < 4.78 is 16.8. The molecule has 0 fully saturated rings. The number of ether oxygens (including phenoxy) is 2. The van der Waals surface area contributed by atoms with Gasteiger partial charge in [-0.05, 0) is 38.0 Å². The third-order valence-electron chi connectivity index (χ3n) is 4.26. The van der Waals surface area contributed by atoms with Gasteiger partial charge >= 0.3 is 11.6 Å². The molecular formula is C19H22O6. The summed E-state index contributed by atoms with van der Waals surface area (Å²) in [5.41, 5.74) is -0.872. The summed E-state index contributed by atoms with van der Waals surface area (Å²) in [4.78, 5) is 23.7. The van der Waals surface area contributed by atoms with E-state index in [1.165, 1.54) is 6.07 Å². The third kappa shape index (κ3) is 3.26. The molecule has 134 valence electrons. The lowest BCUT2D eigenvalue weighted by molar-refractivity contribution is -0.178. The Labute approximate surface area is 145 Å². The van der Waals surface area contributed by atoms with Crippen LogP contribution in [0.25, 0.3) is 11.0 Å². The van der Waals surface area contributed by atoms with E-state index in [0.717, 1.165) is 0 Å². The van der Waals surface area contributed by atoms with Crippen LogP contribution in [-0.4, -0.2) is 22.8 Å². The number of hydrogen-bond donors (Lipinski definition) is 1. The molecule has 1 aromatic carbocycles. The van der Waals surface area contributed by atoms with Crippen molar-refractivity contribution in [1.29, 1.82) is 0 Å². The van der Waals surface area contributed by atoms with Gasteiger partial charge in [0.25, 0.3) is 0 Å². The van der Waals surface area contributed by atoms with Crippen LogP contribution in [-0.2, 0) is 9.53 Å². The number of esters is 1. The summed E-state index contributed by atoms with van der Waals surface area (Å²) in [5.74, 6) is 0.153. The van der Waals surface area contributed by atoms with E-state index < -0.39 is 29.4 Å². The summed E-state index contributed by atoms with van der Waals surface area (Å²) in [6.45, 7) is 7.32. The number of rotatable bonds is 3. The summed E-state index contributed by atoms with van der Waals surface area (Å²) in [6, 6.07) is 6.41. The molecular weight excluding hydrogens is 324 g/mol. The molecule has 0 unspecified atom stereocenters. The summed E-state index contributed by atoms with van der Waals surface area (Å²) >= 11 is 0. The van der Waals surface area contributed by atoms with Crippen molar-refractivity contribution in [3.63, 3.8) is 0 Å². The molecule has 0 saturated carbocycles. The Morgan fingerprint density at radius 1 is 1.28 bits per heavy atom. The highest BCUT2D eigenvalue weighted by Crippen LogP contribution is 2.44. The van der Waals surface area contributed by atoms with Gasteiger partial charge in [-0.1, -0.05) is 13.8 Å². The van der Waals surface area contributed by atoms with Gasteiger partial charge in [0.15, 0.2) is 6.10 Å². The highest BCUT2D eigenvalue weighted by atomic mass is 16.6. The van der Waals surface area contributed by atoms with Gasteiger partial charge in [-0.15, -0.1) is 0 Å². The molecule has 0 amide bonds. The van der Waals surface area contributed by atoms with Crippen molar-refractivity contribution in [2.24, 2.45) is 5.92 Å². The molecule has 1 aromatic heterocycles. The highest BCUT2D eigenvalue weighted by Gasteiger charge is 2.47. The van der Waals surface area contributed by atoms with Crippen LogP contribution in [0.3, 0.4) is 0 Å². The number of carbonyl (C=O) groups excluding carboxylic acids is 1. The van der Waals surface area contributed by atoms with Crippen molar-refractivity contribution in [2.75, 3.05) is 0 Å². The molecule has 2 heterocycles. The van der Waals surface area contributed by atoms with Crippen LogP contribution >= 0.6 is 0 Å². The van der Waals surface area contributed by atoms with E-state index in [2.05, 4.69) is 0 Å². The maximum absolute atomic E-state index is 12.1. The zero-order chi connectivity index (χ0) is 18.4. The molecule has 3 rings (SSSR count). The molecule has 2 atom stereocenters. The van der Waals surface area contributed by atoms with Gasteiger partial charge in [0.05, 0.1) is 5.56 Å². The van der Waals surface area contributed by atoms with Crippen LogP contribution in [0.1, 0.15) is 45.8 Å². The summed E-state index contributed by atoms with van der Waals surface area (Å²) in [6.07, 6.45) is -1.83. The SMILES string of the molecule is CC(C)CC(=O)O[C@@H]1[C@H](O)c2c(ccc3ccc(=O)oc23)OC1(C)C. The predicted molar refractivity (Wildman–Crippen MR) is 91.5 cm³/mol. The van der Waals surface area contributed by atoms with Crippen molar-refractivity contribution in [1.82, 2.24) is 0 Å². The Bertz CT molecular complexity index is 864. The zero-order valence-electron chi connectivity index (χ0n) is 14.7. The number of fused-ring (bicyclic) bond motifs is 3. The molecule has 1 aliphatic rings. The van der Waals surface area contributed by atoms with Crippen molar-refractivity contribution in [3.8, 4) is 5.75 Å². The van der Waals surface area contributed by atoms with Crippen molar-refractivity contribution in [3.05, 3.63) is 40.2 Å². The van der Waals surface area contributed by atoms with Gasteiger partial charge in [0.2, 0.25) is 0 Å². The third-order valence-corrected chi connectivity index (χ3v) is 4.26. The first-order valence-electron chi connectivity index (χ1n) is 8.32. The Morgan fingerprint density at radius 2 is 1.96 bits per heavy atom. The minimum Gasteiger partial charge on any atom is -0.483 e. The van der Waals surface area contributed by atoms with Crippen molar-refractivity contribution in [2.45, 2.75) is 51.9 Å². The topological polar surface area (TPSA) is 86.0 Å². The van der Waals surface area contributed by atoms with Crippen LogP contribution < -0.4 is 10.4 Å². The van der Waals surface area contributed by atoms with Crippen LogP contribution in [0.4, 0.5) is 0 Å². The van der Waals surface area contributed by atoms with Crippen molar-refractivity contribution >= 4 is 16.9 Å². The molecule has 2 aromatic rings.